The first-order valence-electron chi connectivity index (χ1n) is 15.3. The van der Waals surface area contributed by atoms with Crippen LogP contribution in [-0.4, -0.2) is 114 Å². The second-order valence-electron chi connectivity index (χ2n) is 12.5. The second kappa shape index (κ2) is 11.8. The Morgan fingerprint density at radius 2 is 1.63 bits per heavy atom. The number of Topliss-reactive ketones (excluding diaryl/α,β-unsaturated/α-hetero) is 3. The van der Waals surface area contributed by atoms with Crippen molar-refractivity contribution in [2.45, 2.75) is 68.5 Å². The number of ketones is 4. The number of aliphatic hydroxyl groups is 2. The molecular weight excluding hydrogens is 646 g/mol. The summed E-state index contributed by atoms with van der Waals surface area (Å²) in [4.78, 5) is 69.0. The van der Waals surface area contributed by atoms with Crippen LogP contribution in [0.3, 0.4) is 0 Å². The number of allylic oxidation sites excluding steroid dienone is 2. The molecule has 1 saturated heterocycles. The minimum Gasteiger partial charge on any atom is -0.507 e. The average molecular weight is 682 g/mol. The van der Waals surface area contributed by atoms with Gasteiger partial charge in [0.1, 0.15) is 35.4 Å². The van der Waals surface area contributed by atoms with Gasteiger partial charge in [-0.2, -0.15) is 0 Å². The number of methoxy groups -OCH3 is 4. The largest absolute Gasteiger partial charge is 0.507 e. The molecule has 0 bridgehead atoms. The molecule has 0 amide bonds. The lowest BCUT2D eigenvalue weighted by Crippen LogP contribution is -2.67. The zero-order chi connectivity index (χ0) is 35.9. The molecular formula is C34H35NO14. The highest BCUT2D eigenvalue weighted by atomic mass is 16.6. The van der Waals surface area contributed by atoms with E-state index in [1.807, 2.05) is 0 Å². The van der Waals surface area contributed by atoms with Crippen LogP contribution in [0.1, 0.15) is 81.8 Å². The highest BCUT2D eigenvalue weighted by molar-refractivity contribution is 6.30. The Kier molecular flexibility index (Phi) is 8.29. The van der Waals surface area contributed by atoms with Gasteiger partial charge >= 0.3 is 5.97 Å². The molecule has 0 aromatic heterocycles. The molecule has 6 rings (SSSR count). The molecule has 5 N–H and O–H groups in total. The minimum atomic E-state index is -2.95. The summed E-state index contributed by atoms with van der Waals surface area (Å²) in [7, 11) is 4.84. The topological polar surface area (TPSA) is 224 Å². The Bertz CT molecular complexity index is 1880. The predicted octanol–water partition coefficient (Wildman–Crippen LogP) is 0.779. The molecule has 0 unspecified atom stereocenters. The number of aryl methyl sites for hydroxylation is 2. The number of phenols is 2. The Morgan fingerprint density at radius 3 is 2.24 bits per heavy atom. The van der Waals surface area contributed by atoms with Crippen LogP contribution in [0.15, 0.2) is 23.9 Å². The van der Waals surface area contributed by atoms with E-state index >= 15 is 0 Å². The number of nitrogens with one attached hydrogen (secondary N) is 1. The number of benzene rings is 2. The quantitative estimate of drug-likeness (QED) is 0.266. The number of carbonyl (C=O) groups is 5. The maximum Gasteiger partial charge on any atom is 0.341 e. The highest BCUT2D eigenvalue weighted by Crippen LogP contribution is 2.56. The fourth-order valence-electron chi connectivity index (χ4n) is 7.76. The van der Waals surface area contributed by atoms with Crippen molar-refractivity contribution in [3.63, 3.8) is 0 Å². The average Bonchev–Trinajstić information content (AvgIpc) is 3.05. The van der Waals surface area contributed by atoms with Crippen molar-refractivity contribution >= 4 is 29.1 Å². The fraction of sp³-hybridized carbons (Fsp3) is 0.441. The van der Waals surface area contributed by atoms with Gasteiger partial charge in [-0.3, -0.25) is 19.2 Å². The number of aliphatic hydroxyl groups excluding tert-OH is 1. The van der Waals surface area contributed by atoms with Crippen molar-refractivity contribution in [3.8, 4) is 11.5 Å². The first kappa shape index (κ1) is 34.4. The van der Waals surface area contributed by atoms with Gasteiger partial charge in [-0.05, 0) is 43.9 Å². The van der Waals surface area contributed by atoms with Crippen LogP contribution >= 0.6 is 0 Å². The Morgan fingerprint density at radius 1 is 0.959 bits per heavy atom. The third-order valence-corrected chi connectivity index (χ3v) is 10.1. The standard InChI is InChI=1S/C34H35NO14/c1-12-9-14-7-8-33(48-6)30(42)21-16(29(41)34(33,44)22(14)25(39)19(12)32(43)47-5)10-15-20(24(21)38)18(36)11-17(23(15)37)35-31-28(46-4)26(40)27(45-3)13(2)49-31/h9-11,13,26-28,31,35,38-40,44H,7-8H2,1-6H3/t13-,26+,27-,28+,31+,33+,34-/m0/s1. The van der Waals surface area contributed by atoms with Crippen molar-refractivity contribution in [2.75, 3.05) is 28.4 Å². The van der Waals surface area contributed by atoms with Gasteiger partial charge in [0.2, 0.25) is 17.3 Å². The summed E-state index contributed by atoms with van der Waals surface area (Å²) in [5.41, 5.74) is -8.29. The van der Waals surface area contributed by atoms with Crippen molar-refractivity contribution in [1.29, 1.82) is 0 Å². The summed E-state index contributed by atoms with van der Waals surface area (Å²) in [5.74, 6) is -6.85. The Balaban J connectivity index is 1.49. The number of carbonyl (C=O) groups excluding carboxylic acids is 5. The third kappa shape index (κ3) is 4.46. The second-order valence-corrected chi connectivity index (χ2v) is 12.5. The lowest BCUT2D eigenvalue weighted by molar-refractivity contribution is -0.236. The normalized spacial score (nSPS) is 30.5. The van der Waals surface area contributed by atoms with Crippen LogP contribution in [0, 0.1) is 6.92 Å². The maximum absolute atomic E-state index is 14.5. The van der Waals surface area contributed by atoms with Gasteiger partial charge in [0.05, 0.1) is 30.0 Å². The molecule has 2 aromatic carbocycles. The van der Waals surface area contributed by atoms with Crippen molar-refractivity contribution in [1.82, 2.24) is 5.32 Å². The van der Waals surface area contributed by atoms with E-state index < -0.39 is 110 Å². The van der Waals surface area contributed by atoms with Gasteiger partial charge in [0.25, 0.3) is 0 Å². The molecule has 15 heteroatoms. The summed E-state index contributed by atoms with van der Waals surface area (Å²) in [6, 6.07) is 2.40. The maximum atomic E-state index is 14.5. The summed E-state index contributed by atoms with van der Waals surface area (Å²) < 4.78 is 27.0. The van der Waals surface area contributed by atoms with Gasteiger partial charge in [-0.1, -0.05) is 6.07 Å². The molecule has 0 radical (unpaired) electrons. The zero-order valence-corrected chi connectivity index (χ0v) is 27.4. The molecule has 0 spiro atoms. The highest BCUT2D eigenvalue weighted by Gasteiger charge is 2.69. The van der Waals surface area contributed by atoms with Gasteiger partial charge < -0.3 is 49.4 Å². The first-order valence-corrected chi connectivity index (χ1v) is 15.3. The van der Waals surface area contributed by atoms with E-state index in [1.54, 1.807) is 6.92 Å². The summed E-state index contributed by atoms with van der Waals surface area (Å²) in [6.07, 6.45) is -4.26. The molecule has 0 saturated carbocycles. The van der Waals surface area contributed by atoms with Gasteiger partial charge in [0, 0.05) is 44.1 Å². The summed E-state index contributed by atoms with van der Waals surface area (Å²) >= 11 is 0. The molecule has 2 aromatic rings. The lowest BCUT2D eigenvalue weighted by Gasteiger charge is -2.50. The smallest absolute Gasteiger partial charge is 0.341 e. The number of ether oxygens (including phenoxy) is 5. The van der Waals surface area contributed by atoms with E-state index in [0.29, 0.717) is 0 Å². The number of hydrogen-bond acceptors (Lipinski definition) is 15. The van der Waals surface area contributed by atoms with E-state index in [2.05, 4.69) is 5.32 Å². The molecule has 49 heavy (non-hydrogen) atoms. The summed E-state index contributed by atoms with van der Waals surface area (Å²) in [5, 5.41) is 48.9. The Labute approximate surface area is 279 Å². The molecule has 1 heterocycles. The van der Waals surface area contributed by atoms with Crippen LogP contribution in [0.25, 0.3) is 0 Å². The van der Waals surface area contributed by atoms with E-state index in [0.717, 1.165) is 26.4 Å². The number of fused-ring (bicyclic) bond motifs is 5. The summed E-state index contributed by atoms with van der Waals surface area (Å²) in [6.45, 7) is 3.15. The number of rotatable bonds is 6. The van der Waals surface area contributed by atoms with Crippen LogP contribution in [0.5, 0.6) is 11.5 Å². The molecule has 4 aliphatic rings. The number of phenolic OH excluding ortho intramolecular Hbond substituents is 2. The van der Waals surface area contributed by atoms with Gasteiger partial charge in [0.15, 0.2) is 23.2 Å². The lowest BCUT2D eigenvalue weighted by atomic mass is 9.57. The molecule has 1 aliphatic heterocycles. The van der Waals surface area contributed by atoms with E-state index in [1.165, 1.54) is 27.2 Å². The van der Waals surface area contributed by atoms with Crippen LogP contribution in [0.4, 0.5) is 0 Å². The molecule has 7 atom stereocenters. The first-order chi connectivity index (χ1) is 23.1. The van der Waals surface area contributed by atoms with Gasteiger partial charge in [-0.25, -0.2) is 4.79 Å². The molecule has 15 nitrogen and oxygen atoms in total. The molecule has 1 fully saturated rings. The van der Waals surface area contributed by atoms with Crippen molar-refractivity contribution in [3.05, 3.63) is 68.4 Å². The Hall–Kier alpha value is -4.51. The van der Waals surface area contributed by atoms with Crippen molar-refractivity contribution in [2.24, 2.45) is 0 Å². The van der Waals surface area contributed by atoms with E-state index in [-0.39, 0.29) is 35.2 Å². The van der Waals surface area contributed by atoms with Crippen molar-refractivity contribution < 1.29 is 68.1 Å². The zero-order valence-electron chi connectivity index (χ0n) is 27.4. The SMILES string of the molecule is COC(=O)c1c(C)cc2c(c1O)[C@]1(O)C(=O)c3cc4c(c(O)c3C(=O)[C@]1(OC)CC2)C(=O)C=C(N[C@@H]1O[C@@H](C)[C@H](OC)[C@@H](O)[C@H]1OC)C4=O. The third-order valence-electron chi connectivity index (χ3n) is 10.1. The number of aromatic hydroxyl groups is 2. The van der Waals surface area contributed by atoms with E-state index in [9.17, 15) is 44.4 Å². The molecule has 3 aliphatic carbocycles. The van der Waals surface area contributed by atoms with Crippen LogP contribution in [-0.2, 0) is 35.7 Å². The van der Waals surface area contributed by atoms with Gasteiger partial charge in [-0.15, -0.1) is 0 Å². The molecule has 260 valence electrons. The van der Waals surface area contributed by atoms with E-state index in [4.69, 9.17) is 23.7 Å². The van der Waals surface area contributed by atoms with Crippen LogP contribution < -0.4 is 5.32 Å². The minimum absolute atomic E-state index is 0.000718. The van der Waals surface area contributed by atoms with Crippen LogP contribution in [0.2, 0.25) is 0 Å². The number of hydrogen-bond donors (Lipinski definition) is 5. The predicted molar refractivity (Wildman–Crippen MR) is 165 cm³/mol. The monoisotopic (exact) mass is 681 g/mol. The number of esters is 1. The fourth-order valence-corrected chi connectivity index (χ4v) is 7.76.